The first-order valence-corrected chi connectivity index (χ1v) is 9.48. The van der Waals surface area contributed by atoms with Crippen molar-refractivity contribution < 1.29 is 14.3 Å². The Kier molecular flexibility index (Phi) is 5.68. The van der Waals surface area contributed by atoms with Crippen molar-refractivity contribution in [3.63, 3.8) is 0 Å². The van der Waals surface area contributed by atoms with Crippen LogP contribution in [0.4, 0.5) is 0 Å². The van der Waals surface area contributed by atoms with Gasteiger partial charge in [-0.3, -0.25) is 9.78 Å². The molecule has 0 aliphatic heterocycles. The fraction of sp³-hybridized carbons (Fsp3) is 0.409. The maximum Gasteiger partial charge on any atom is 0.341 e. The first-order valence-electron chi connectivity index (χ1n) is 9.48. The maximum atomic E-state index is 12.9. The number of fused-ring (bicyclic) bond motifs is 3. The van der Waals surface area contributed by atoms with Crippen LogP contribution in [0.15, 0.2) is 29.2 Å². The molecule has 3 aromatic rings. The molecule has 3 rings (SSSR count). The second-order valence-corrected chi connectivity index (χ2v) is 7.42. The van der Waals surface area contributed by atoms with Crippen LogP contribution in [-0.2, 0) is 11.8 Å². The lowest BCUT2D eigenvalue weighted by atomic mass is 10.0. The highest BCUT2D eigenvalue weighted by Crippen LogP contribution is 2.31. The number of pyridine rings is 2. The van der Waals surface area contributed by atoms with E-state index in [4.69, 9.17) is 9.47 Å². The van der Waals surface area contributed by atoms with Crippen LogP contribution in [0.1, 0.15) is 42.7 Å². The van der Waals surface area contributed by atoms with E-state index in [9.17, 15) is 9.59 Å². The second kappa shape index (κ2) is 8.00. The molecule has 0 spiro atoms. The number of hydrogen-bond acceptors (Lipinski definition) is 5. The Morgan fingerprint density at radius 3 is 2.68 bits per heavy atom. The molecule has 0 atom stereocenters. The molecule has 0 saturated carbocycles. The van der Waals surface area contributed by atoms with Gasteiger partial charge in [-0.1, -0.05) is 13.8 Å². The van der Waals surface area contributed by atoms with Gasteiger partial charge >= 0.3 is 5.97 Å². The minimum Gasteiger partial charge on any atom is -0.493 e. The van der Waals surface area contributed by atoms with Gasteiger partial charge in [-0.15, -0.1) is 0 Å². The van der Waals surface area contributed by atoms with E-state index >= 15 is 0 Å². The van der Waals surface area contributed by atoms with Gasteiger partial charge in [0.15, 0.2) is 0 Å². The molecule has 0 aliphatic carbocycles. The molecule has 0 unspecified atom stereocenters. The number of aryl methyl sites for hydroxylation is 2. The smallest absolute Gasteiger partial charge is 0.341 e. The number of carbonyl (C=O) groups excluding carboxylic acids is 1. The zero-order valence-electron chi connectivity index (χ0n) is 17.0. The van der Waals surface area contributed by atoms with Gasteiger partial charge in [0.05, 0.1) is 30.3 Å². The Hall–Kier alpha value is -2.89. The largest absolute Gasteiger partial charge is 0.493 e. The lowest BCUT2D eigenvalue weighted by Crippen LogP contribution is -2.19. The van der Waals surface area contributed by atoms with E-state index in [2.05, 4.69) is 18.8 Å². The summed E-state index contributed by atoms with van der Waals surface area (Å²) in [5.74, 6) is 0.557. The van der Waals surface area contributed by atoms with Gasteiger partial charge in [0, 0.05) is 24.7 Å². The van der Waals surface area contributed by atoms with Gasteiger partial charge in [0.25, 0.3) is 5.56 Å². The maximum absolute atomic E-state index is 12.9. The fourth-order valence-corrected chi connectivity index (χ4v) is 3.46. The Balaban J connectivity index is 2.21. The molecule has 28 heavy (non-hydrogen) atoms. The number of benzene rings is 1. The second-order valence-electron chi connectivity index (χ2n) is 7.42. The van der Waals surface area contributed by atoms with E-state index < -0.39 is 5.97 Å². The Morgan fingerprint density at radius 1 is 1.25 bits per heavy atom. The summed E-state index contributed by atoms with van der Waals surface area (Å²) in [7, 11) is 3.07. The minimum absolute atomic E-state index is 0.121. The summed E-state index contributed by atoms with van der Waals surface area (Å²) in [5.41, 5.74) is 1.60. The van der Waals surface area contributed by atoms with Crippen LogP contribution in [0.3, 0.4) is 0 Å². The molecule has 0 N–H and O–H groups in total. The van der Waals surface area contributed by atoms with Gasteiger partial charge in [-0.25, -0.2) is 4.79 Å². The fourth-order valence-electron chi connectivity index (χ4n) is 3.46. The first-order chi connectivity index (χ1) is 13.3. The highest BCUT2D eigenvalue weighted by molar-refractivity contribution is 6.09. The molecule has 2 heterocycles. The topological polar surface area (TPSA) is 70.4 Å². The van der Waals surface area contributed by atoms with Crippen molar-refractivity contribution in [1.29, 1.82) is 0 Å². The summed E-state index contributed by atoms with van der Waals surface area (Å²) >= 11 is 0. The molecular weight excluding hydrogens is 356 g/mol. The van der Waals surface area contributed by atoms with Gasteiger partial charge < -0.3 is 14.0 Å². The van der Waals surface area contributed by atoms with Crippen LogP contribution < -0.4 is 10.3 Å². The average molecular weight is 382 g/mol. The number of aromatic nitrogens is 2. The van der Waals surface area contributed by atoms with Crippen LogP contribution in [0.25, 0.3) is 21.7 Å². The number of methoxy groups -OCH3 is 1. The molecular formula is C22H26N2O4. The zero-order chi connectivity index (χ0) is 20.4. The molecule has 0 fully saturated rings. The Labute approximate surface area is 164 Å². The number of ether oxygens (including phenoxy) is 2. The molecule has 0 aliphatic rings. The molecule has 1 aromatic carbocycles. The highest BCUT2D eigenvalue weighted by Gasteiger charge is 2.19. The van der Waals surface area contributed by atoms with Crippen LogP contribution in [0.5, 0.6) is 5.75 Å². The molecule has 6 nitrogen and oxygen atoms in total. The van der Waals surface area contributed by atoms with Crippen molar-refractivity contribution in [2.24, 2.45) is 13.0 Å². The number of rotatable bonds is 6. The van der Waals surface area contributed by atoms with Gasteiger partial charge in [-0.05, 0) is 43.2 Å². The highest BCUT2D eigenvalue weighted by atomic mass is 16.5. The molecule has 148 valence electrons. The van der Waals surface area contributed by atoms with Crippen LogP contribution in [0.2, 0.25) is 0 Å². The summed E-state index contributed by atoms with van der Waals surface area (Å²) < 4.78 is 12.5. The van der Waals surface area contributed by atoms with Crippen molar-refractivity contribution in [2.45, 2.75) is 33.6 Å². The van der Waals surface area contributed by atoms with Crippen LogP contribution in [0, 0.1) is 12.8 Å². The van der Waals surface area contributed by atoms with E-state index in [0.29, 0.717) is 40.4 Å². The first kappa shape index (κ1) is 19.9. The predicted molar refractivity (Wildman–Crippen MR) is 110 cm³/mol. The van der Waals surface area contributed by atoms with Gasteiger partial charge in [-0.2, -0.15) is 0 Å². The summed E-state index contributed by atoms with van der Waals surface area (Å²) in [6, 6.07) is 5.31. The predicted octanol–water partition coefficient (Wildman–Crippen LogP) is 4.00. The number of nitrogens with zero attached hydrogens (tertiary/aromatic N) is 2. The SMILES string of the molecule is COC(=O)c1cc2c3ccnc(C)c3c(=O)n(C)c2cc1OCCCC(C)C. The Bertz CT molecular complexity index is 1100. The van der Waals surface area contributed by atoms with E-state index in [-0.39, 0.29) is 5.56 Å². The number of esters is 1. The normalized spacial score (nSPS) is 11.4. The average Bonchev–Trinajstić information content (AvgIpc) is 2.68. The summed E-state index contributed by atoms with van der Waals surface area (Å²) in [4.78, 5) is 29.5. The van der Waals surface area contributed by atoms with Crippen LogP contribution >= 0.6 is 0 Å². The summed E-state index contributed by atoms with van der Waals surface area (Å²) in [6.07, 6.45) is 3.60. The third-order valence-electron chi connectivity index (χ3n) is 5.00. The van der Waals surface area contributed by atoms with Crippen molar-refractivity contribution in [1.82, 2.24) is 9.55 Å². The van der Waals surface area contributed by atoms with E-state index in [1.165, 1.54) is 7.11 Å². The standard InChI is InChI=1S/C22H26N2O4/c1-13(2)7-6-10-28-19-12-18-16(11-17(19)22(26)27-5)15-8-9-23-14(3)20(15)21(25)24(18)4/h8-9,11-13H,6-7,10H2,1-5H3. The van der Waals surface area contributed by atoms with Gasteiger partial charge in [0.1, 0.15) is 11.3 Å². The summed E-state index contributed by atoms with van der Waals surface area (Å²) in [5, 5.41) is 2.11. The van der Waals surface area contributed by atoms with Crippen molar-refractivity contribution >= 4 is 27.6 Å². The van der Waals surface area contributed by atoms with Crippen LogP contribution in [-0.4, -0.2) is 29.2 Å². The van der Waals surface area contributed by atoms with Crippen molar-refractivity contribution in [2.75, 3.05) is 13.7 Å². The molecule has 0 amide bonds. The molecule has 0 radical (unpaired) electrons. The summed E-state index contributed by atoms with van der Waals surface area (Å²) in [6.45, 7) is 6.63. The quantitative estimate of drug-likeness (QED) is 0.366. The molecule has 0 saturated heterocycles. The zero-order valence-corrected chi connectivity index (χ0v) is 17.0. The number of hydrogen-bond donors (Lipinski definition) is 0. The Morgan fingerprint density at radius 2 is 2.00 bits per heavy atom. The van der Waals surface area contributed by atoms with E-state index in [1.54, 1.807) is 36.0 Å². The minimum atomic E-state index is -0.464. The van der Waals surface area contributed by atoms with Crippen molar-refractivity contribution in [3.05, 3.63) is 46.0 Å². The van der Waals surface area contributed by atoms with E-state index in [0.717, 1.165) is 23.6 Å². The molecule has 0 bridgehead atoms. The lowest BCUT2D eigenvalue weighted by molar-refractivity contribution is 0.0596. The molecule has 6 heteroatoms. The van der Waals surface area contributed by atoms with E-state index in [1.807, 2.05) is 6.92 Å². The van der Waals surface area contributed by atoms with Crippen molar-refractivity contribution in [3.8, 4) is 5.75 Å². The third-order valence-corrected chi connectivity index (χ3v) is 5.00. The number of carbonyl (C=O) groups is 1. The third kappa shape index (κ3) is 3.59. The molecule has 2 aromatic heterocycles. The lowest BCUT2D eigenvalue weighted by Gasteiger charge is -2.16. The van der Waals surface area contributed by atoms with Gasteiger partial charge in [0.2, 0.25) is 0 Å². The monoisotopic (exact) mass is 382 g/mol.